The number of rotatable bonds is 3. The average molecular weight is 219 g/mol. The van der Waals surface area contributed by atoms with Crippen molar-refractivity contribution >= 4 is 0 Å². The predicted octanol–water partition coefficient (Wildman–Crippen LogP) is 1.57. The summed E-state index contributed by atoms with van der Waals surface area (Å²) in [6.45, 7) is 5.49. The van der Waals surface area contributed by atoms with Gasteiger partial charge in [-0.25, -0.2) is 0 Å². The molecule has 1 saturated heterocycles. The molecule has 0 spiro atoms. The molecule has 0 unspecified atom stereocenters. The summed E-state index contributed by atoms with van der Waals surface area (Å²) in [5, 5.41) is 3.41. The molecule has 1 aliphatic rings. The highest BCUT2D eigenvalue weighted by atomic mass is 15.1. The van der Waals surface area contributed by atoms with E-state index in [0.29, 0.717) is 0 Å². The number of piperidine rings is 1. The molecule has 1 aliphatic heterocycles. The van der Waals surface area contributed by atoms with E-state index in [-0.39, 0.29) is 0 Å². The van der Waals surface area contributed by atoms with Crippen molar-refractivity contribution in [2.45, 2.75) is 32.4 Å². The first kappa shape index (κ1) is 11.6. The van der Waals surface area contributed by atoms with Crippen LogP contribution in [0.5, 0.6) is 0 Å². The van der Waals surface area contributed by atoms with Gasteiger partial charge in [-0.05, 0) is 57.1 Å². The smallest absolute Gasteiger partial charge is 0.0315 e. The lowest BCUT2D eigenvalue weighted by Crippen LogP contribution is -2.40. The van der Waals surface area contributed by atoms with E-state index >= 15 is 0 Å². The summed E-state index contributed by atoms with van der Waals surface area (Å²) in [6, 6.07) is 2.81. The Morgan fingerprint density at radius 3 is 2.88 bits per heavy atom. The van der Waals surface area contributed by atoms with Crippen molar-refractivity contribution in [2.75, 3.05) is 20.1 Å². The third-order valence-electron chi connectivity index (χ3n) is 3.50. The van der Waals surface area contributed by atoms with Crippen LogP contribution in [0, 0.1) is 6.92 Å². The first-order valence-electron chi connectivity index (χ1n) is 6.08. The molecule has 1 N–H and O–H groups in total. The second-order valence-electron chi connectivity index (χ2n) is 4.70. The van der Waals surface area contributed by atoms with Crippen LogP contribution in [0.1, 0.15) is 24.0 Å². The first-order chi connectivity index (χ1) is 7.77. The van der Waals surface area contributed by atoms with Crippen molar-refractivity contribution in [3.8, 4) is 0 Å². The molecule has 0 aliphatic carbocycles. The lowest BCUT2D eigenvalue weighted by atomic mass is 10.0. The van der Waals surface area contributed by atoms with Crippen molar-refractivity contribution in [3.63, 3.8) is 0 Å². The highest BCUT2D eigenvalue weighted by Crippen LogP contribution is 2.14. The van der Waals surface area contributed by atoms with Gasteiger partial charge in [0.15, 0.2) is 0 Å². The van der Waals surface area contributed by atoms with E-state index in [1.54, 1.807) is 0 Å². The molecule has 1 aromatic rings. The second-order valence-corrected chi connectivity index (χ2v) is 4.70. The van der Waals surface area contributed by atoms with Crippen molar-refractivity contribution in [1.82, 2.24) is 15.2 Å². The lowest BCUT2D eigenvalue weighted by Gasteiger charge is -2.31. The molecule has 0 saturated carbocycles. The van der Waals surface area contributed by atoms with Gasteiger partial charge < -0.3 is 5.32 Å². The second kappa shape index (κ2) is 5.41. The van der Waals surface area contributed by atoms with E-state index in [1.165, 1.54) is 24.0 Å². The average Bonchev–Trinajstić information content (AvgIpc) is 2.33. The van der Waals surface area contributed by atoms with Crippen molar-refractivity contribution < 1.29 is 0 Å². The quantitative estimate of drug-likeness (QED) is 0.836. The van der Waals surface area contributed by atoms with Crippen molar-refractivity contribution in [3.05, 3.63) is 29.6 Å². The van der Waals surface area contributed by atoms with Crippen LogP contribution in [0.4, 0.5) is 0 Å². The van der Waals surface area contributed by atoms with Gasteiger partial charge in [0.2, 0.25) is 0 Å². The topological polar surface area (TPSA) is 28.2 Å². The van der Waals surface area contributed by atoms with E-state index in [0.717, 1.165) is 25.7 Å². The minimum absolute atomic E-state index is 0.723. The van der Waals surface area contributed by atoms with Gasteiger partial charge in [-0.2, -0.15) is 0 Å². The molecule has 88 valence electrons. The molecule has 2 rings (SSSR count). The van der Waals surface area contributed by atoms with E-state index in [9.17, 15) is 0 Å². The van der Waals surface area contributed by atoms with Gasteiger partial charge in [0.25, 0.3) is 0 Å². The van der Waals surface area contributed by atoms with Gasteiger partial charge in [-0.1, -0.05) is 0 Å². The Bertz CT molecular complexity index is 332. The van der Waals surface area contributed by atoms with Gasteiger partial charge in [0.05, 0.1) is 0 Å². The van der Waals surface area contributed by atoms with Crippen molar-refractivity contribution in [1.29, 1.82) is 0 Å². The van der Waals surface area contributed by atoms with Crippen LogP contribution in [-0.4, -0.2) is 36.1 Å². The molecule has 0 bridgehead atoms. The minimum Gasteiger partial charge on any atom is -0.317 e. The molecule has 3 heteroatoms. The van der Waals surface area contributed by atoms with Gasteiger partial charge >= 0.3 is 0 Å². The van der Waals surface area contributed by atoms with E-state index in [1.807, 2.05) is 12.4 Å². The number of hydrogen-bond donors (Lipinski definition) is 1. The van der Waals surface area contributed by atoms with E-state index < -0.39 is 0 Å². The van der Waals surface area contributed by atoms with Crippen LogP contribution in [0.2, 0.25) is 0 Å². The molecular formula is C13H21N3. The normalized spacial score (nSPS) is 17.9. The Balaban J connectivity index is 1.96. The maximum Gasteiger partial charge on any atom is 0.0315 e. The van der Waals surface area contributed by atoms with Gasteiger partial charge in [0.1, 0.15) is 0 Å². The largest absolute Gasteiger partial charge is 0.317 e. The Morgan fingerprint density at radius 1 is 1.44 bits per heavy atom. The van der Waals surface area contributed by atoms with Crippen molar-refractivity contribution in [2.24, 2.45) is 0 Å². The maximum atomic E-state index is 4.20. The third kappa shape index (κ3) is 2.80. The summed E-state index contributed by atoms with van der Waals surface area (Å²) in [5.74, 6) is 0. The van der Waals surface area contributed by atoms with E-state index in [4.69, 9.17) is 0 Å². The summed E-state index contributed by atoms with van der Waals surface area (Å²) >= 11 is 0. The van der Waals surface area contributed by atoms with Crippen LogP contribution in [0.15, 0.2) is 18.5 Å². The Morgan fingerprint density at radius 2 is 2.19 bits per heavy atom. The summed E-state index contributed by atoms with van der Waals surface area (Å²) in [7, 11) is 2.22. The molecule has 1 fully saturated rings. The monoisotopic (exact) mass is 219 g/mol. The van der Waals surface area contributed by atoms with Crippen LogP contribution >= 0.6 is 0 Å². The zero-order valence-electron chi connectivity index (χ0n) is 10.2. The number of aryl methyl sites for hydroxylation is 1. The number of aromatic nitrogens is 1. The zero-order valence-corrected chi connectivity index (χ0v) is 10.2. The first-order valence-corrected chi connectivity index (χ1v) is 6.08. The highest BCUT2D eigenvalue weighted by Gasteiger charge is 2.17. The third-order valence-corrected chi connectivity index (χ3v) is 3.50. The molecule has 0 aromatic carbocycles. The molecule has 2 heterocycles. The number of pyridine rings is 1. The summed E-state index contributed by atoms with van der Waals surface area (Å²) < 4.78 is 0. The summed E-state index contributed by atoms with van der Waals surface area (Å²) in [5.41, 5.74) is 2.69. The predicted molar refractivity (Wildman–Crippen MR) is 66.3 cm³/mol. The number of nitrogens with one attached hydrogen (secondary N) is 1. The Hall–Kier alpha value is -0.930. The Kier molecular flexibility index (Phi) is 3.91. The maximum absolute atomic E-state index is 4.20. The van der Waals surface area contributed by atoms with Crippen LogP contribution in [0.3, 0.4) is 0 Å². The molecule has 1 aromatic heterocycles. The fourth-order valence-electron chi connectivity index (χ4n) is 2.31. The van der Waals surface area contributed by atoms with Crippen LogP contribution in [-0.2, 0) is 6.54 Å². The minimum atomic E-state index is 0.723. The van der Waals surface area contributed by atoms with Gasteiger partial charge in [-0.15, -0.1) is 0 Å². The SMILES string of the molecule is Cc1ccncc1CN(C)C1CCNCC1. The molecule has 0 radical (unpaired) electrons. The molecule has 0 amide bonds. The Labute approximate surface area is 97.9 Å². The van der Waals surface area contributed by atoms with Crippen LogP contribution < -0.4 is 5.32 Å². The number of nitrogens with zero attached hydrogens (tertiary/aromatic N) is 2. The standard InChI is InChI=1S/C13H21N3/c1-11-3-6-15-9-12(11)10-16(2)13-4-7-14-8-5-13/h3,6,9,13-14H,4-5,7-8,10H2,1-2H3. The fourth-order valence-corrected chi connectivity index (χ4v) is 2.31. The molecular weight excluding hydrogens is 198 g/mol. The molecule has 3 nitrogen and oxygen atoms in total. The zero-order chi connectivity index (χ0) is 11.4. The van der Waals surface area contributed by atoms with E-state index in [2.05, 4.69) is 35.2 Å². The highest BCUT2D eigenvalue weighted by molar-refractivity contribution is 5.21. The number of hydrogen-bond acceptors (Lipinski definition) is 3. The van der Waals surface area contributed by atoms with Gasteiger partial charge in [0, 0.05) is 25.0 Å². The lowest BCUT2D eigenvalue weighted by molar-refractivity contribution is 0.191. The molecule has 0 atom stereocenters. The fraction of sp³-hybridized carbons (Fsp3) is 0.615. The van der Waals surface area contributed by atoms with Gasteiger partial charge in [-0.3, -0.25) is 9.88 Å². The van der Waals surface area contributed by atoms with Crippen LogP contribution in [0.25, 0.3) is 0 Å². The molecule has 16 heavy (non-hydrogen) atoms. The summed E-state index contributed by atoms with van der Waals surface area (Å²) in [4.78, 5) is 6.67. The summed E-state index contributed by atoms with van der Waals surface area (Å²) in [6.07, 6.45) is 6.38.